The zero-order valence-corrected chi connectivity index (χ0v) is 14.0. The van der Waals surface area contributed by atoms with Gasteiger partial charge in [-0.1, -0.05) is 5.16 Å². The van der Waals surface area contributed by atoms with Gasteiger partial charge < -0.3 is 14.2 Å². The summed E-state index contributed by atoms with van der Waals surface area (Å²) in [6, 6.07) is 1.28. The van der Waals surface area contributed by atoms with E-state index in [0.717, 1.165) is 19.0 Å². The van der Waals surface area contributed by atoms with E-state index in [1.807, 2.05) is 0 Å². The van der Waals surface area contributed by atoms with E-state index in [4.69, 9.17) is 9.26 Å². The van der Waals surface area contributed by atoms with E-state index in [0.29, 0.717) is 19.0 Å². The number of aromatic nitrogens is 3. The van der Waals surface area contributed by atoms with E-state index in [1.165, 1.54) is 17.2 Å². The number of rotatable bonds is 3. The summed E-state index contributed by atoms with van der Waals surface area (Å²) in [6.07, 6.45) is 3.85. The number of ether oxygens (including phenoxy) is 1. The monoisotopic (exact) mass is 364 g/mol. The third kappa shape index (κ3) is 3.07. The molecule has 0 spiro atoms. The summed E-state index contributed by atoms with van der Waals surface area (Å²) in [5.41, 5.74) is -2.05. The minimum Gasteiger partial charge on any atom is -0.381 e. The second-order valence-corrected chi connectivity index (χ2v) is 6.64. The van der Waals surface area contributed by atoms with Crippen LogP contribution in [0.5, 0.6) is 0 Å². The van der Waals surface area contributed by atoms with Crippen LogP contribution in [0.25, 0.3) is 0 Å². The predicted molar refractivity (Wildman–Crippen MR) is 84.6 cm³/mol. The standard InChI is InChI=1S/C17H18F2N4O3/c18-13-9-20-5-1-12(13)15(24)23-6-4-17(19,10-23)16-21-14(22-26-16)11-2-7-25-8-3-11/h1,5,9,11H,2-4,6-8,10H2. The summed E-state index contributed by atoms with van der Waals surface area (Å²) < 4.78 is 39.6. The summed E-state index contributed by atoms with van der Waals surface area (Å²) in [4.78, 5) is 21.6. The molecule has 0 aliphatic carbocycles. The number of hydrogen-bond donors (Lipinski definition) is 0. The van der Waals surface area contributed by atoms with Crippen molar-refractivity contribution in [2.24, 2.45) is 0 Å². The molecule has 138 valence electrons. The molecular formula is C17H18F2N4O3. The van der Waals surface area contributed by atoms with Gasteiger partial charge in [0.25, 0.3) is 11.8 Å². The Hall–Kier alpha value is -2.42. The normalized spacial score (nSPS) is 24.2. The highest BCUT2D eigenvalue weighted by atomic mass is 19.1. The highest BCUT2D eigenvalue weighted by Gasteiger charge is 2.47. The number of amides is 1. The summed E-state index contributed by atoms with van der Waals surface area (Å²) in [6.45, 7) is 1.14. The van der Waals surface area contributed by atoms with Crippen LogP contribution in [-0.2, 0) is 10.4 Å². The molecule has 0 N–H and O–H groups in total. The van der Waals surface area contributed by atoms with Crippen molar-refractivity contribution < 1.29 is 22.8 Å². The van der Waals surface area contributed by atoms with Crippen molar-refractivity contribution >= 4 is 5.91 Å². The van der Waals surface area contributed by atoms with Crippen molar-refractivity contribution in [2.45, 2.75) is 30.8 Å². The Morgan fingerprint density at radius 1 is 1.35 bits per heavy atom. The number of pyridine rings is 1. The van der Waals surface area contributed by atoms with E-state index < -0.39 is 17.4 Å². The first-order valence-electron chi connectivity index (χ1n) is 8.56. The quantitative estimate of drug-likeness (QED) is 0.831. The molecule has 4 rings (SSSR count). The van der Waals surface area contributed by atoms with Crippen LogP contribution < -0.4 is 0 Å². The van der Waals surface area contributed by atoms with Crippen molar-refractivity contribution in [1.82, 2.24) is 20.0 Å². The second-order valence-electron chi connectivity index (χ2n) is 6.64. The minimum absolute atomic E-state index is 0.0286. The van der Waals surface area contributed by atoms with Gasteiger partial charge >= 0.3 is 0 Å². The highest BCUT2D eigenvalue weighted by Crippen LogP contribution is 2.37. The van der Waals surface area contributed by atoms with E-state index in [2.05, 4.69) is 15.1 Å². The Morgan fingerprint density at radius 2 is 2.15 bits per heavy atom. The Morgan fingerprint density at radius 3 is 2.92 bits per heavy atom. The van der Waals surface area contributed by atoms with Crippen LogP contribution in [-0.4, -0.2) is 52.2 Å². The molecule has 2 aliphatic heterocycles. The number of likely N-dealkylation sites (tertiary alicyclic amines) is 1. The van der Waals surface area contributed by atoms with E-state index in [1.54, 1.807) is 0 Å². The van der Waals surface area contributed by atoms with Crippen molar-refractivity contribution in [1.29, 1.82) is 0 Å². The average Bonchev–Trinajstić information content (AvgIpc) is 3.31. The van der Waals surface area contributed by atoms with Gasteiger partial charge in [0, 0.05) is 38.3 Å². The van der Waals surface area contributed by atoms with Crippen molar-refractivity contribution in [3.63, 3.8) is 0 Å². The molecule has 0 radical (unpaired) electrons. The maximum absolute atomic E-state index is 15.3. The zero-order valence-electron chi connectivity index (χ0n) is 14.0. The van der Waals surface area contributed by atoms with Gasteiger partial charge in [-0.15, -0.1) is 0 Å². The average molecular weight is 364 g/mol. The van der Waals surface area contributed by atoms with Gasteiger partial charge in [0.2, 0.25) is 5.67 Å². The fraction of sp³-hybridized carbons (Fsp3) is 0.529. The Labute approximate surface area is 148 Å². The maximum atomic E-state index is 15.3. The molecule has 4 heterocycles. The van der Waals surface area contributed by atoms with Gasteiger partial charge in [0.05, 0.1) is 18.3 Å². The third-order valence-corrected chi connectivity index (χ3v) is 4.92. The molecule has 7 nitrogen and oxygen atoms in total. The number of hydrogen-bond acceptors (Lipinski definition) is 6. The van der Waals surface area contributed by atoms with Gasteiger partial charge in [0.1, 0.15) is 0 Å². The smallest absolute Gasteiger partial charge is 0.266 e. The molecule has 1 atom stereocenters. The molecule has 9 heteroatoms. The third-order valence-electron chi connectivity index (χ3n) is 4.92. The lowest BCUT2D eigenvalue weighted by Crippen LogP contribution is -2.33. The van der Waals surface area contributed by atoms with Gasteiger partial charge in [0.15, 0.2) is 11.6 Å². The fourth-order valence-electron chi connectivity index (χ4n) is 3.38. The van der Waals surface area contributed by atoms with Crippen LogP contribution >= 0.6 is 0 Å². The van der Waals surface area contributed by atoms with Gasteiger partial charge in [-0.05, 0) is 18.9 Å². The Kier molecular flexibility index (Phi) is 4.39. The van der Waals surface area contributed by atoms with Crippen LogP contribution in [0.15, 0.2) is 23.0 Å². The maximum Gasteiger partial charge on any atom is 0.266 e. The van der Waals surface area contributed by atoms with Crippen LogP contribution in [0.2, 0.25) is 0 Å². The zero-order chi connectivity index (χ0) is 18.1. The molecule has 0 saturated carbocycles. The molecule has 0 aromatic carbocycles. The molecule has 26 heavy (non-hydrogen) atoms. The van der Waals surface area contributed by atoms with Crippen LogP contribution in [0.1, 0.15) is 47.3 Å². The first-order chi connectivity index (χ1) is 12.6. The lowest BCUT2D eigenvalue weighted by atomic mass is 9.99. The number of carbonyl (C=O) groups is 1. The second kappa shape index (κ2) is 6.71. The SMILES string of the molecule is O=C(c1ccncc1F)N1CCC(F)(c2nc(C3CCOCC3)no2)C1. The molecule has 1 amide bonds. The summed E-state index contributed by atoms with van der Waals surface area (Å²) >= 11 is 0. The lowest BCUT2D eigenvalue weighted by molar-refractivity contribution is 0.0712. The Balaban J connectivity index is 1.49. The first-order valence-corrected chi connectivity index (χ1v) is 8.56. The van der Waals surface area contributed by atoms with Crippen LogP contribution in [0.4, 0.5) is 8.78 Å². The number of halogens is 2. The molecule has 0 bridgehead atoms. The van der Waals surface area contributed by atoms with E-state index in [-0.39, 0.29) is 36.9 Å². The van der Waals surface area contributed by atoms with Crippen LogP contribution in [0.3, 0.4) is 0 Å². The van der Waals surface area contributed by atoms with Crippen molar-refractivity contribution in [3.05, 3.63) is 41.6 Å². The Bertz CT molecular complexity index is 809. The molecule has 1 unspecified atom stereocenters. The first kappa shape index (κ1) is 17.0. The molecule has 2 saturated heterocycles. The number of alkyl halides is 1. The van der Waals surface area contributed by atoms with Crippen molar-refractivity contribution in [3.8, 4) is 0 Å². The predicted octanol–water partition coefficient (Wildman–Crippen LogP) is 2.21. The molecular weight excluding hydrogens is 346 g/mol. The summed E-state index contributed by atoms with van der Waals surface area (Å²) in [7, 11) is 0. The largest absolute Gasteiger partial charge is 0.381 e. The number of nitrogens with zero attached hydrogens (tertiary/aromatic N) is 4. The summed E-state index contributed by atoms with van der Waals surface area (Å²) in [5.74, 6) is -0.855. The van der Waals surface area contributed by atoms with Crippen molar-refractivity contribution in [2.75, 3.05) is 26.3 Å². The fourth-order valence-corrected chi connectivity index (χ4v) is 3.38. The van der Waals surface area contributed by atoms with E-state index in [9.17, 15) is 9.18 Å². The molecule has 2 aliphatic rings. The summed E-state index contributed by atoms with van der Waals surface area (Å²) in [5, 5.41) is 3.92. The molecule has 2 aromatic rings. The van der Waals surface area contributed by atoms with Gasteiger partial charge in [-0.25, -0.2) is 8.78 Å². The highest BCUT2D eigenvalue weighted by molar-refractivity contribution is 5.94. The topological polar surface area (TPSA) is 81.4 Å². The number of carbonyl (C=O) groups excluding carboxylic acids is 1. The van der Waals surface area contributed by atoms with E-state index >= 15 is 4.39 Å². The van der Waals surface area contributed by atoms with Crippen LogP contribution in [0, 0.1) is 5.82 Å². The lowest BCUT2D eigenvalue weighted by Gasteiger charge is -2.19. The minimum atomic E-state index is -1.92. The molecule has 2 fully saturated rings. The van der Waals surface area contributed by atoms with Gasteiger partial charge in [-0.2, -0.15) is 4.98 Å². The van der Waals surface area contributed by atoms with Gasteiger partial charge in [-0.3, -0.25) is 9.78 Å². The molecule has 2 aromatic heterocycles.